The summed E-state index contributed by atoms with van der Waals surface area (Å²) in [6.45, 7) is 2.32. The van der Waals surface area contributed by atoms with E-state index in [1.165, 1.54) is 36.2 Å². The molecule has 0 saturated carbocycles. The van der Waals surface area contributed by atoms with Gasteiger partial charge in [-0.25, -0.2) is 0 Å². The third kappa shape index (κ3) is 2.65. The number of likely N-dealkylation sites (tertiary alicyclic amines) is 1. The molecule has 0 amide bonds. The van der Waals surface area contributed by atoms with Crippen LogP contribution in [0.25, 0.3) is 0 Å². The van der Waals surface area contributed by atoms with Crippen LogP contribution in [-0.2, 0) is 6.54 Å². The molecule has 0 bridgehead atoms. The zero-order chi connectivity index (χ0) is 12.2. The maximum atomic E-state index is 2.64. The Bertz CT molecular complexity index is 463. The molecule has 1 aromatic heterocycles. The second kappa shape index (κ2) is 5.68. The fourth-order valence-corrected chi connectivity index (χ4v) is 3.70. The minimum Gasteiger partial charge on any atom is -0.291 e. The highest BCUT2D eigenvalue weighted by atomic mass is 32.1. The summed E-state index contributed by atoms with van der Waals surface area (Å²) in [7, 11) is 0. The molecular formula is C16H19NS. The van der Waals surface area contributed by atoms with Crippen LogP contribution in [0.2, 0.25) is 0 Å². The molecule has 1 aliphatic rings. The standard InChI is InChI=1S/C16H19NS/c1-2-7-14(8-3-1)13-17-11-5-4-9-15(17)16-10-6-12-18-16/h1-3,6-8,10,12,15H,4-5,9,11,13H2. The van der Waals surface area contributed by atoms with Gasteiger partial charge in [-0.2, -0.15) is 0 Å². The molecule has 1 saturated heterocycles. The number of nitrogens with zero attached hydrogens (tertiary/aromatic N) is 1. The van der Waals surface area contributed by atoms with Gasteiger partial charge in [0.05, 0.1) is 0 Å². The van der Waals surface area contributed by atoms with Gasteiger partial charge in [-0.15, -0.1) is 11.3 Å². The van der Waals surface area contributed by atoms with E-state index in [-0.39, 0.29) is 0 Å². The minimum atomic E-state index is 0.638. The maximum Gasteiger partial charge on any atom is 0.0445 e. The fraction of sp³-hybridized carbons (Fsp3) is 0.375. The topological polar surface area (TPSA) is 3.24 Å². The molecule has 0 radical (unpaired) electrons. The lowest BCUT2D eigenvalue weighted by Gasteiger charge is -2.35. The minimum absolute atomic E-state index is 0.638. The van der Waals surface area contributed by atoms with Crippen molar-refractivity contribution in [1.29, 1.82) is 0 Å². The molecule has 2 heterocycles. The lowest BCUT2D eigenvalue weighted by molar-refractivity contribution is 0.143. The Balaban J connectivity index is 1.76. The summed E-state index contributed by atoms with van der Waals surface area (Å²) in [6.07, 6.45) is 4.02. The molecule has 1 aromatic carbocycles. The van der Waals surface area contributed by atoms with E-state index in [1.54, 1.807) is 0 Å². The lowest BCUT2D eigenvalue weighted by atomic mass is 10.00. The monoisotopic (exact) mass is 257 g/mol. The summed E-state index contributed by atoms with van der Waals surface area (Å²) in [5.41, 5.74) is 1.43. The predicted molar refractivity (Wildman–Crippen MR) is 77.8 cm³/mol. The molecule has 2 aromatic rings. The summed E-state index contributed by atoms with van der Waals surface area (Å²) in [6, 6.07) is 15.9. The average Bonchev–Trinajstić information content (AvgIpc) is 2.94. The van der Waals surface area contributed by atoms with Crippen molar-refractivity contribution in [3.8, 4) is 0 Å². The second-order valence-electron chi connectivity index (χ2n) is 4.98. The van der Waals surface area contributed by atoms with Gasteiger partial charge in [-0.05, 0) is 36.4 Å². The first-order valence-electron chi connectivity index (χ1n) is 6.75. The number of piperidine rings is 1. The van der Waals surface area contributed by atoms with Gasteiger partial charge in [0, 0.05) is 17.5 Å². The Morgan fingerprint density at radius 1 is 1.06 bits per heavy atom. The van der Waals surface area contributed by atoms with E-state index in [2.05, 4.69) is 52.7 Å². The van der Waals surface area contributed by atoms with Gasteiger partial charge in [0.25, 0.3) is 0 Å². The van der Waals surface area contributed by atoms with Crippen molar-refractivity contribution in [3.63, 3.8) is 0 Å². The van der Waals surface area contributed by atoms with E-state index < -0.39 is 0 Å². The predicted octanol–water partition coefficient (Wildman–Crippen LogP) is 4.48. The van der Waals surface area contributed by atoms with Gasteiger partial charge < -0.3 is 0 Å². The van der Waals surface area contributed by atoms with Crippen LogP contribution in [0, 0.1) is 0 Å². The van der Waals surface area contributed by atoms with Gasteiger partial charge in [-0.1, -0.05) is 42.8 Å². The summed E-state index contributed by atoms with van der Waals surface area (Å²) in [4.78, 5) is 4.18. The number of hydrogen-bond donors (Lipinski definition) is 0. The van der Waals surface area contributed by atoms with Crippen LogP contribution in [0.5, 0.6) is 0 Å². The van der Waals surface area contributed by atoms with Crippen LogP contribution in [0.3, 0.4) is 0 Å². The second-order valence-corrected chi connectivity index (χ2v) is 5.96. The van der Waals surface area contributed by atoms with Gasteiger partial charge in [0.15, 0.2) is 0 Å². The van der Waals surface area contributed by atoms with Crippen LogP contribution in [-0.4, -0.2) is 11.4 Å². The Kier molecular flexibility index (Phi) is 3.77. The average molecular weight is 257 g/mol. The number of benzene rings is 1. The van der Waals surface area contributed by atoms with Crippen LogP contribution in [0.4, 0.5) is 0 Å². The van der Waals surface area contributed by atoms with Crippen molar-refractivity contribution >= 4 is 11.3 Å². The van der Waals surface area contributed by atoms with E-state index in [1.807, 2.05) is 11.3 Å². The molecule has 18 heavy (non-hydrogen) atoms. The number of thiophene rings is 1. The molecular weight excluding hydrogens is 238 g/mol. The first-order chi connectivity index (χ1) is 8.93. The summed E-state index contributed by atoms with van der Waals surface area (Å²) in [5, 5.41) is 2.20. The third-order valence-electron chi connectivity index (χ3n) is 3.71. The molecule has 2 heteroatoms. The van der Waals surface area contributed by atoms with E-state index in [0.717, 1.165) is 6.54 Å². The summed E-state index contributed by atoms with van der Waals surface area (Å²) >= 11 is 1.90. The summed E-state index contributed by atoms with van der Waals surface area (Å²) in [5.74, 6) is 0. The van der Waals surface area contributed by atoms with E-state index in [0.29, 0.717) is 6.04 Å². The molecule has 0 N–H and O–H groups in total. The first-order valence-corrected chi connectivity index (χ1v) is 7.63. The van der Waals surface area contributed by atoms with Crippen molar-refractivity contribution in [1.82, 2.24) is 4.90 Å². The molecule has 1 aliphatic heterocycles. The van der Waals surface area contributed by atoms with Crippen LogP contribution >= 0.6 is 11.3 Å². The van der Waals surface area contributed by atoms with Crippen molar-refractivity contribution in [3.05, 3.63) is 58.3 Å². The number of rotatable bonds is 3. The highest BCUT2D eigenvalue weighted by Gasteiger charge is 2.24. The zero-order valence-electron chi connectivity index (χ0n) is 10.6. The third-order valence-corrected chi connectivity index (χ3v) is 4.69. The largest absolute Gasteiger partial charge is 0.291 e. The SMILES string of the molecule is c1ccc(CN2CCCCC2c2cccs2)cc1. The van der Waals surface area contributed by atoms with Crippen LogP contribution < -0.4 is 0 Å². The first kappa shape index (κ1) is 11.9. The Hall–Kier alpha value is -1.12. The molecule has 0 aliphatic carbocycles. The molecule has 0 spiro atoms. The van der Waals surface area contributed by atoms with Crippen LogP contribution in [0.15, 0.2) is 47.8 Å². The molecule has 94 valence electrons. The number of hydrogen-bond acceptors (Lipinski definition) is 2. The highest BCUT2D eigenvalue weighted by molar-refractivity contribution is 7.10. The quantitative estimate of drug-likeness (QED) is 0.784. The molecule has 3 rings (SSSR count). The van der Waals surface area contributed by atoms with E-state index in [4.69, 9.17) is 0 Å². The molecule has 1 unspecified atom stereocenters. The molecule has 1 atom stereocenters. The summed E-state index contributed by atoms with van der Waals surface area (Å²) < 4.78 is 0. The molecule has 1 nitrogen and oxygen atoms in total. The highest BCUT2D eigenvalue weighted by Crippen LogP contribution is 2.34. The van der Waals surface area contributed by atoms with Gasteiger partial charge >= 0.3 is 0 Å². The van der Waals surface area contributed by atoms with Crippen molar-refractivity contribution in [2.45, 2.75) is 31.8 Å². The van der Waals surface area contributed by atoms with E-state index in [9.17, 15) is 0 Å². The maximum absolute atomic E-state index is 2.64. The van der Waals surface area contributed by atoms with Crippen molar-refractivity contribution in [2.24, 2.45) is 0 Å². The zero-order valence-corrected chi connectivity index (χ0v) is 11.4. The van der Waals surface area contributed by atoms with Crippen LogP contribution in [0.1, 0.15) is 35.7 Å². The van der Waals surface area contributed by atoms with Gasteiger partial charge in [0.1, 0.15) is 0 Å². The Morgan fingerprint density at radius 3 is 2.72 bits per heavy atom. The van der Waals surface area contributed by atoms with E-state index >= 15 is 0 Å². The smallest absolute Gasteiger partial charge is 0.0445 e. The Labute approximate surface area is 113 Å². The fourth-order valence-electron chi connectivity index (χ4n) is 2.80. The van der Waals surface area contributed by atoms with Crippen molar-refractivity contribution < 1.29 is 0 Å². The normalized spacial score (nSPS) is 21.0. The van der Waals surface area contributed by atoms with Crippen molar-refractivity contribution in [2.75, 3.05) is 6.54 Å². The van der Waals surface area contributed by atoms with Gasteiger partial charge in [-0.3, -0.25) is 4.90 Å². The van der Waals surface area contributed by atoms with Gasteiger partial charge in [0.2, 0.25) is 0 Å². The Morgan fingerprint density at radius 2 is 1.94 bits per heavy atom. The molecule has 1 fully saturated rings. The lowest BCUT2D eigenvalue weighted by Crippen LogP contribution is -2.32.